The quantitative estimate of drug-likeness (QED) is 0.510. The standard InChI is InChI=1S/C16H18O2S/c1-12(17)18-15-8-9-16(19-10-4-5-11-19)14-7-3-2-6-13(14)15/h2-3,6-9,19H,4-5,10-11H2,1H3. The predicted octanol–water partition coefficient (Wildman–Crippen LogP) is 3.92. The lowest BCUT2D eigenvalue weighted by Gasteiger charge is -2.18. The summed E-state index contributed by atoms with van der Waals surface area (Å²) in [5.41, 5.74) is 0. The molecule has 0 aliphatic carbocycles. The molecule has 19 heavy (non-hydrogen) atoms. The van der Waals surface area contributed by atoms with E-state index in [1.807, 2.05) is 18.2 Å². The molecule has 0 unspecified atom stereocenters. The molecule has 100 valence electrons. The van der Waals surface area contributed by atoms with E-state index in [0.717, 1.165) is 5.39 Å². The molecular weight excluding hydrogens is 256 g/mol. The molecule has 0 atom stereocenters. The van der Waals surface area contributed by atoms with Crippen molar-refractivity contribution in [2.75, 3.05) is 11.5 Å². The Morgan fingerprint density at radius 1 is 1.05 bits per heavy atom. The first-order valence-corrected chi connectivity index (χ1v) is 8.42. The highest BCUT2D eigenvalue weighted by atomic mass is 32.2. The van der Waals surface area contributed by atoms with Crippen molar-refractivity contribution in [3.8, 4) is 5.75 Å². The number of carbonyl (C=O) groups is 1. The Balaban J connectivity index is 2.12. The van der Waals surface area contributed by atoms with E-state index >= 15 is 0 Å². The normalized spacial score (nSPS) is 16.8. The second-order valence-corrected chi connectivity index (χ2v) is 7.37. The minimum Gasteiger partial charge on any atom is -0.426 e. The Bertz CT molecular complexity index is 615. The van der Waals surface area contributed by atoms with E-state index in [1.165, 1.54) is 41.6 Å². The number of thiol groups is 1. The number of esters is 1. The number of hydrogen-bond donors (Lipinski definition) is 1. The second-order valence-electron chi connectivity index (χ2n) is 4.92. The van der Waals surface area contributed by atoms with Gasteiger partial charge in [-0.15, -0.1) is 0 Å². The first-order chi connectivity index (χ1) is 9.25. The molecule has 1 aliphatic heterocycles. The molecule has 1 saturated heterocycles. The van der Waals surface area contributed by atoms with Crippen LogP contribution in [0.5, 0.6) is 5.75 Å². The summed E-state index contributed by atoms with van der Waals surface area (Å²) in [7, 11) is -0.0132. The molecule has 3 heteroatoms. The van der Waals surface area contributed by atoms with E-state index in [1.54, 1.807) is 0 Å². The van der Waals surface area contributed by atoms with Crippen molar-refractivity contribution >= 4 is 27.6 Å². The van der Waals surface area contributed by atoms with Gasteiger partial charge in [0.1, 0.15) is 5.75 Å². The Labute approximate surface area is 116 Å². The van der Waals surface area contributed by atoms with Gasteiger partial charge in [0.15, 0.2) is 0 Å². The fourth-order valence-electron chi connectivity index (χ4n) is 2.73. The molecule has 2 aromatic carbocycles. The van der Waals surface area contributed by atoms with Crippen LogP contribution in [-0.2, 0) is 4.79 Å². The average Bonchev–Trinajstić information content (AvgIpc) is 2.92. The summed E-state index contributed by atoms with van der Waals surface area (Å²) in [6.45, 7) is 1.45. The summed E-state index contributed by atoms with van der Waals surface area (Å²) in [6, 6.07) is 12.4. The summed E-state index contributed by atoms with van der Waals surface area (Å²) in [5, 5.41) is 2.32. The summed E-state index contributed by atoms with van der Waals surface area (Å²) in [5.74, 6) is 3.10. The van der Waals surface area contributed by atoms with Crippen LogP contribution < -0.4 is 4.74 Å². The van der Waals surface area contributed by atoms with E-state index in [-0.39, 0.29) is 16.9 Å². The van der Waals surface area contributed by atoms with Gasteiger partial charge in [0.05, 0.1) is 0 Å². The smallest absolute Gasteiger partial charge is 0.308 e. The maximum Gasteiger partial charge on any atom is 0.308 e. The Hall–Kier alpha value is -1.48. The number of benzene rings is 2. The average molecular weight is 274 g/mol. The highest BCUT2D eigenvalue weighted by Gasteiger charge is 2.17. The van der Waals surface area contributed by atoms with E-state index in [0.29, 0.717) is 5.75 Å². The molecule has 0 bridgehead atoms. The van der Waals surface area contributed by atoms with Crippen LogP contribution in [0.1, 0.15) is 19.8 Å². The SMILES string of the molecule is CC(=O)Oc1ccc([SH]2CCCC2)c2ccccc12. The molecule has 3 rings (SSSR count). The van der Waals surface area contributed by atoms with E-state index in [4.69, 9.17) is 4.74 Å². The monoisotopic (exact) mass is 274 g/mol. The van der Waals surface area contributed by atoms with Crippen molar-refractivity contribution in [1.82, 2.24) is 0 Å². The van der Waals surface area contributed by atoms with Gasteiger partial charge in [-0.25, -0.2) is 10.9 Å². The fraction of sp³-hybridized carbons (Fsp3) is 0.312. The van der Waals surface area contributed by atoms with Crippen molar-refractivity contribution in [2.45, 2.75) is 24.7 Å². The van der Waals surface area contributed by atoms with Crippen molar-refractivity contribution in [1.29, 1.82) is 0 Å². The number of fused-ring (bicyclic) bond motifs is 1. The lowest BCUT2D eigenvalue weighted by atomic mass is 10.1. The highest BCUT2D eigenvalue weighted by molar-refractivity contribution is 8.17. The second kappa shape index (κ2) is 5.25. The van der Waals surface area contributed by atoms with Crippen LogP contribution in [0.25, 0.3) is 10.8 Å². The van der Waals surface area contributed by atoms with Crippen molar-refractivity contribution in [2.24, 2.45) is 0 Å². The number of ether oxygens (including phenoxy) is 1. The van der Waals surface area contributed by atoms with Crippen LogP contribution in [-0.4, -0.2) is 17.5 Å². The fourth-order valence-corrected chi connectivity index (χ4v) is 5.47. The third kappa shape index (κ3) is 2.47. The first-order valence-electron chi connectivity index (χ1n) is 6.71. The van der Waals surface area contributed by atoms with Crippen molar-refractivity contribution in [3.63, 3.8) is 0 Å². The first kappa shape index (κ1) is 12.5. The topological polar surface area (TPSA) is 26.3 Å². The number of rotatable bonds is 2. The van der Waals surface area contributed by atoms with E-state index in [2.05, 4.69) is 18.2 Å². The van der Waals surface area contributed by atoms with Gasteiger partial charge in [-0.1, -0.05) is 24.3 Å². The van der Waals surface area contributed by atoms with Crippen LogP contribution in [0, 0.1) is 0 Å². The minimum atomic E-state index is -0.260. The Kier molecular flexibility index (Phi) is 3.47. The zero-order chi connectivity index (χ0) is 13.2. The van der Waals surface area contributed by atoms with E-state index in [9.17, 15) is 4.79 Å². The molecule has 0 spiro atoms. The van der Waals surface area contributed by atoms with Crippen LogP contribution in [0.3, 0.4) is 0 Å². The minimum absolute atomic E-state index is 0.0132. The van der Waals surface area contributed by atoms with Crippen molar-refractivity contribution < 1.29 is 9.53 Å². The predicted molar refractivity (Wildman–Crippen MR) is 81.5 cm³/mol. The van der Waals surface area contributed by atoms with Gasteiger partial charge in [-0.2, -0.15) is 0 Å². The van der Waals surface area contributed by atoms with E-state index < -0.39 is 0 Å². The highest BCUT2D eigenvalue weighted by Crippen LogP contribution is 2.47. The maximum atomic E-state index is 11.2. The van der Waals surface area contributed by atoms with Crippen LogP contribution in [0.15, 0.2) is 41.3 Å². The van der Waals surface area contributed by atoms with Crippen LogP contribution >= 0.6 is 10.9 Å². The zero-order valence-electron chi connectivity index (χ0n) is 11.1. The Morgan fingerprint density at radius 2 is 1.74 bits per heavy atom. The van der Waals surface area contributed by atoms with Gasteiger partial charge >= 0.3 is 5.97 Å². The summed E-state index contributed by atoms with van der Waals surface area (Å²) in [6.07, 6.45) is 2.71. The van der Waals surface area contributed by atoms with Gasteiger partial charge in [-0.3, -0.25) is 4.79 Å². The largest absolute Gasteiger partial charge is 0.426 e. The molecule has 1 aliphatic rings. The lowest BCUT2D eigenvalue weighted by molar-refractivity contribution is -0.131. The van der Waals surface area contributed by atoms with Gasteiger partial charge in [0.25, 0.3) is 0 Å². The van der Waals surface area contributed by atoms with Gasteiger partial charge in [-0.05, 0) is 46.8 Å². The molecule has 1 fully saturated rings. The molecule has 0 radical (unpaired) electrons. The third-order valence-electron chi connectivity index (χ3n) is 3.56. The molecule has 0 N–H and O–H groups in total. The zero-order valence-corrected chi connectivity index (χ0v) is 12.0. The van der Waals surface area contributed by atoms with Crippen LogP contribution in [0.4, 0.5) is 0 Å². The number of hydrogen-bond acceptors (Lipinski definition) is 2. The molecule has 0 aromatic heterocycles. The van der Waals surface area contributed by atoms with Crippen LogP contribution in [0.2, 0.25) is 0 Å². The molecule has 2 nitrogen and oxygen atoms in total. The number of carbonyl (C=O) groups excluding carboxylic acids is 1. The molecule has 2 aromatic rings. The van der Waals surface area contributed by atoms with Gasteiger partial charge in [0.2, 0.25) is 0 Å². The maximum absolute atomic E-state index is 11.2. The molecule has 0 amide bonds. The van der Waals surface area contributed by atoms with Gasteiger partial charge in [0, 0.05) is 12.3 Å². The summed E-state index contributed by atoms with van der Waals surface area (Å²) >= 11 is 0. The van der Waals surface area contributed by atoms with Crippen molar-refractivity contribution in [3.05, 3.63) is 36.4 Å². The lowest BCUT2D eigenvalue weighted by Crippen LogP contribution is -2.02. The molecule has 1 heterocycles. The summed E-state index contributed by atoms with van der Waals surface area (Å²) < 4.78 is 5.31. The van der Waals surface area contributed by atoms with Gasteiger partial charge < -0.3 is 4.74 Å². The summed E-state index contributed by atoms with van der Waals surface area (Å²) in [4.78, 5) is 12.7. The third-order valence-corrected chi connectivity index (χ3v) is 6.34. The Morgan fingerprint density at radius 3 is 2.42 bits per heavy atom. The molecule has 0 saturated carbocycles. The molecular formula is C16H18O2S.